The fourth-order valence-corrected chi connectivity index (χ4v) is 2.93. The summed E-state index contributed by atoms with van der Waals surface area (Å²) in [5.74, 6) is -3.10. The van der Waals surface area contributed by atoms with Crippen LogP contribution in [0.15, 0.2) is 35.3 Å². The molecule has 0 aliphatic carbocycles. The summed E-state index contributed by atoms with van der Waals surface area (Å²) in [5.41, 5.74) is 6.78. The Balaban J connectivity index is 1.55. The van der Waals surface area contributed by atoms with Crippen LogP contribution in [0.2, 0.25) is 0 Å². The molecule has 1 aromatic carbocycles. The minimum atomic E-state index is -1.30. The number of nitrogens with two attached hydrogens (primary N) is 1. The maximum absolute atomic E-state index is 12.3. The van der Waals surface area contributed by atoms with Crippen molar-refractivity contribution in [2.75, 3.05) is 17.6 Å². The van der Waals surface area contributed by atoms with E-state index in [1.165, 1.54) is 18.3 Å². The maximum atomic E-state index is 12.3. The lowest BCUT2D eigenvalue weighted by Gasteiger charge is -2.14. The molecule has 0 saturated carbocycles. The van der Waals surface area contributed by atoms with Gasteiger partial charge in [0.05, 0.1) is 11.9 Å². The van der Waals surface area contributed by atoms with Crippen LogP contribution in [0.25, 0.3) is 11.2 Å². The van der Waals surface area contributed by atoms with Crippen LogP contribution in [0.5, 0.6) is 0 Å². The highest BCUT2D eigenvalue weighted by Crippen LogP contribution is 2.11. The van der Waals surface area contributed by atoms with Gasteiger partial charge in [-0.25, -0.2) is 14.8 Å². The van der Waals surface area contributed by atoms with Gasteiger partial charge in [0, 0.05) is 30.6 Å². The van der Waals surface area contributed by atoms with Crippen molar-refractivity contribution in [1.29, 1.82) is 0 Å². The van der Waals surface area contributed by atoms with Crippen molar-refractivity contribution in [3.63, 3.8) is 0 Å². The zero-order chi connectivity index (χ0) is 24.0. The molecule has 0 radical (unpaired) electrons. The average Bonchev–Trinajstić information content (AvgIpc) is 2.77. The summed E-state index contributed by atoms with van der Waals surface area (Å²) in [5, 5.41) is 23.3. The Labute approximate surface area is 186 Å². The zero-order valence-corrected chi connectivity index (χ0v) is 17.2. The third kappa shape index (κ3) is 6.22. The van der Waals surface area contributed by atoms with Crippen molar-refractivity contribution in [3.05, 3.63) is 52.1 Å². The van der Waals surface area contributed by atoms with Crippen LogP contribution in [-0.2, 0) is 16.0 Å². The molecule has 2 heterocycles. The summed E-state index contributed by atoms with van der Waals surface area (Å²) in [6.07, 6.45) is 1.37. The first kappa shape index (κ1) is 23.1. The van der Waals surface area contributed by atoms with Crippen LogP contribution < -0.4 is 21.9 Å². The topological polar surface area (TPSA) is 213 Å². The third-order valence-corrected chi connectivity index (χ3v) is 4.59. The lowest BCUT2D eigenvalue weighted by molar-refractivity contribution is -0.140. The molecule has 7 N–H and O–H groups in total. The van der Waals surface area contributed by atoms with Crippen LogP contribution in [0.1, 0.15) is 28.9 Å². The number of hydrogen-bond acceptors (Lipinski definition) is 9. The third-order valence-electron chi connectivity index (χ3n) is 4.59. The Bertz CT molecular complexity index is 1240. The normalized spacial score (nSPS) is 11.6. The lowest BCUT2D eigenvalue weighted by Crippen LogP contribution is -2.41. The minimum Gasteiger partial charge on any atom is -0.481 e. The van der Waals surface area contributed by atoms with E-state index in [4.69, 9.17) is 15.9 Å². The summed E-state index contributed by atoms with van der Waals surface area (Å²) in [4.78, 5) is 60.7. The van der Waals surface area contributed by atoms with Crippen molar-refractivity contribution in [1.82, 2.24) is 25.3 Å². The molecular weight excluding hydrogens is 434 g/mol. The number of carbonyl (C=O) groups is 3. The van der Waals surface area contributed by atoms with Gasteiger partial charge in [0.2, 0.25) is 5.95 Å². The fraction of sp³-hybridized carbons (Fsp3) is 0.250. The van der Waals surface area contributed by atoms with E-state index in [9.17, 15) is 19.2 Å². The second-order valence-corrected chi connectivity index (χ2v) is 7.04. The molecule has 13 heteroatoms. The molecule has 13 nitrogen and oxygen atoms in total. The number of nitrogens with zero attached hydrogens (tertiary/aromatic N) is 3. The van der Waals surface area contributed by atoms with E-state index in [0.717, 1.165) is 0 Å². The number of H-pyrrole nitrogens is 1. The number of anilines is 2. The van der Waals surface area contributed by atoms with Gasteiger partial charge in [-0.1, -0.05) is 0 Å². The number of carboxylic acid groups (broad SMARTS) is 2. The molecule has 3 rings (SSSR count). The number of aromatic nitrogens is 4. The van der Waals surface area contributed by atoms with Gasteiger partial charge in [0.25, 0.3) is 11.5 Å². The summed E-state index contributed by atoms with van der Waals surface area (Å²) < 4.78 is 0. The molecule has 1 amide bonds. The largest absolute Gasteiger partial charge is 0.481 e. The molecule has 0 saturated heterocycles. The average molecular weight is 455 g/mol. The molecule has 0 aliphatic heterocycles. The number of aliphatic carboxylic acids is 2. The van der Waals surface area contributed by atoms with E-state index in [1.807, 2.05) is 0 Å². The number of fused-ring (bicyclic) bond motifs is 1. The fourth-order valence-electron chi connectivity index (χ4n) is 2.93. The van der Waals surface area contributed by atoms with Gasteiger partial charge >= 0.3 is 11.9 Å². The standard InChI is InChI=1S/C20H21N7O6/c21-20-26-16-15(18(31)27-20)24-12(9-23-16)7-8-22-11-3-1-10(2-4-11)17(30)25-13(19(32)33)5-6-14(28)29/h1-4,9,13,22H,5-8H2,(H,25,30)(H,28,29)(H,32,33)(H3,21,23,26,27,31)/t13-/m0/s1. The van der Waals surface area contributed by atoms with Crippen molar-refractivity contribution < 1.29 is 24.6 Å². The number of nitrogens with one attached hydrogen (secondary N) is 3. The van der Waals surface area contributed by atoms with Crippen LogP contribution in [0.4, 0.5) is 11.6 Å². The summed E-state index contributed by atoms with van der Waals surface area (Å²) >= 11 is 0. The quantitative estimate of drug-likeness (QED) is 0.239. The monoisotopic (exact) mass is 455 g/mol. The first-order valence-electron chi connectivity index (χ1n) is 9.83. The van der Waals surface area contributed by atoms with Gasteiger partial charge in [-0.15, -0.1) is 0 Å². The minimum absolute atomic E-state index is 0.0351. The van der Waals surface area contributed by atoms with E-state index in [0.29, 0.717) is 24.3 Å². The van der Waals surface area contributed by atoms with Crippen LogP contribution in [0.3, 0.4) is 0 Å². The van der Waals surface area contributed by atoms with Gasteiger partial charge in [-0.3, -0.25) is 19.4 Å². The highest BCUT2D eigenvalue weighted by atomic mass is 16.4. The Kier molecular flexibility index (Phi) is 7.13. The molecular formula is C20H21N7O6. The highest BCUT2D eigenvalue weighted by Gasteiger charge is 2.21. The number of benzene rings is 1. The summed E-state index contributed by atoms with van der Waals surface area (Å²) in [7, 11) is 0. The van der Waals surface area contributed by atoms with Gasteiger partial charge in [0.15, 0.2) is 11.2 Å². The number of hydrogen-bond donors (Lipinski definition) is 6. The first-order chi connectivity index (χ1) is 15.7. The lowest BCUT2D eigenvalue weighted by atomic mass is 10.1. The van der Waals surface area contributed by atoms with E-state index >= 15 is 0 Å². The Morgan fingerprint density at radius 1 is 1.12 bits per heavy atom. The van der Waals surface area contributed by atoms with Gasteiger partial charge in [-0.05, 0) is 30.7 Å². The summed E-state index contributed by atoms with van der Waals surface area (Å²) in [6.45, 7) is 0.461. The predicted molar refractivity (Wildman–Crippen MR) is 117 cm³/mol. The predicted octanol–water partition coefficient (Wildman–Crippen LogP) is -0.00230. The van der Waals surface area contributed by atoms with Crippen molar-refractivity contribution >= 4 is 40.6 Å². The second-order valence-electron chi connectivity index (χ2n) is 7.04. The highest BCUT2D eigenvalue weighted by molar-refractivity contribution is 5.96. The van der Waals surface area contributed by atoms with Crippen LogP contribution >= 0.6 is 0 Å². The van der Waals surface area contributed by atoms with Crippen molar-refractivity contribution in [2.24, 2.45) is 0 Å². The SMILES string of the molecule is Nc1nc2ncc(CCNc3ccc(C(=O)N[C@@H](CCC(=O)O)C(=O)O)cc3)nc2c(=O)[nH]1. The zero-order valence-electron chi connectivity index (χ0n) is 17.2. The van der Waals surface area contributed by atoms with Gasteiger partial charge in [-0.2, -0.15) is 4.98 Å². The van der Waals surface area contributed by atoms with Gasteiger partial charge < -0.3 is 26.6 Å². The second kappa shape index (κ2) is 10.2. The maximum Gasteiger partial charge on any atom is 0.326 e. The number of nitrogen functional groups attached to an aromatic ring is 1. The molecule has 0 spiro atoms. The molecule has 172 valence electrons. The molecule has 2 aromatic heterocycles. The molecule has 33 heavy (non-hydrogen) atoms. The van der Waals surface area contributed by atoms with E-state index < -0.39 is 29.4 Å². The molecule has 0 unspecified atom stereocenters. The first-order valence-corrected chi connectivity index (χ1v) is 9.83. The Morgan fingerprint density at radius 3 is 2.52 bits per heavy atom. The van der Waals surface area contributed by atoms with Crippen molar-refractivity contribution in [3.8, 4) is 0 Å². The number of amides is 1. The molecule has 0 fully saturated rings. The van der Waals surface area contributed by atoms with Gasteiger partial charge in [0.1, 0.15) is 6.04 Å². The number of carbonyl (C=O) groups excluding carboxylic acids is 1. The Morgan fingerprint density at radius 2 is 1.85 bits per heavy atom. The summed E-state index contributed by atoms with van der Waals surface area (Å²) in [6, 6.07) is 5.02. The number of aromatic amines is 1. The van der Waals surface area contributed by atoms with E-state index in [-0.39, 0.29) is 35.5 Å². The smallest absolute Gasteiger partial charge is 0.326 e. The molecule has 0 bridgehead atoms. The molecule has 1 atom stereocenters. The Hall–Kier alpha value is -4.55. The molecule has 3 aromatic rings. The number of rotatable bonds is 10. The number of carboxylic acids is 2. The van der Waals surface area contributed by atoms with E-state index in [1.54, 1.807) is 12.1 Å². The van der Waals surface area contributed by atoms with Crippen LogP contribution in [0, 0.1) is 0 Å². The molecule has 0 aliphatic rings. The van der Waals surface area contributed by atoms with Crippen LogP contribution in [-0.4, -0.2) is 60.6 Å². The van der Waals surface area contributed by atoms with E-state index in [2.05, 4.69) is 30.6 Å². The van der Waals surface area contributed by atoms with Crippen molar-refractivity contribution in [2.45, 2.75) is 25.3 Å².